The average molecular weight is 232 g/mol. The summed E-state index contributed by atoms with van der Waals surface area (Å²) in [6.07, 6.45) is 9.50. The summed E-state index contributed by atoms with van der Waals surface area (Å²) in [6, 6.07) is 0. The van der Waals surface area contributed by atoms with Crippen molar-refractivity contribution < 1.29 is 42.6 Å². The Morgan fingerprint density at radius 1 is 1.18 bits per heavy atom. The predicted octanol–water partition coefficient (Wildman–Crippen LogP) is 2.21. The van der Waals surface area contributed by atoms with E-state index in [0.717, 1.165) is 0 Å². The molecule has 1 saturated carbocycles. The van der Waals surface area contributed by atoms with Gasteiger partial charge in [-0.2, -0.15) is 12.8 Å². The van der Waals surface area contributed by atoms with Gasteiger partial charge in [-0.15, -0.1) is 0 Å². The van der Waals surface area contributed by atoms with Crippen molar-refractivity contribution in [2.45, 2.75) is 32.1 Å². The smallest absolute Gasteiger partial charge is 0.665 e. The monoisotopic (exact) mass is 232 g/mol. The Labute approximate surface area is 94.6 Å². The Hall–Kier alpha value is 0.574. The van der Waals surface area contributed by atoms with Crippen LogP contribution in [-0.2, 0) is 37.5 Å². The van der Waals surface area contributed by atoms with Gasteiger partial charge in [-0.05, 0) is 0 Å². The third-order valence-electron chi connectivity index (χ3n) is 1.32. The minimum Gasteiger partial charge on any atom is -0.665 e. The molecule has 0 aromatic carbocycles. The first-order chi connectivity index (χ1) is 4.41. The maximum Gasteiger partial charge on any atom is 3.00 e. The first-order valence-electron chi connectivity index (χ1n) is 3.24. The molecule has 0 atom stereocenters. The fourth-order valence-electron chi connectivity index (χ4n) is 0.898. The second-order valence-corrected chi connectivity index (χ2v) is 2.02. The van der Waals surface area contributed by atoms with Crippen LogP contribution in [0.3, 0.4) is 0 Å². The second-order valence-electron chi connectivity index (χ2n) is 2.02. The normalized spacial score (nSPS) is 14.2. The first-order valence-corrected chi connectivity index (χ1v) is 3.24. The van der Waals surface area contributed by atoms with Crippen molar-refractivity contribution in [2.24, 2.45) is 0 Å². The zero-order valence-corrected chi connectivity index (χ0v) is 9.88. The minimum atomic E-state index is 0. The van der Waals surface area contributed by atoms with Gasteiger partial charge in [-0.1, -0.05) is 25.7 Å². The Balaban J connectivity index is -0.000000116. The van der Waals surface area contributed by atoms with Gasteiger partial charge in [0.2, 0.25) is 0 Å². The minimum absolute atomic E-state index is 0. The third-order valence-corrected chi connectivity index (χ3v) is 1.32. The molecule has 1 fully saturated rings. The van der Waals surface area contributed by atoms with Crippen LogP contribution >= 0.6 is 0 Å². The molecular formula is C8H15O2Y. The molecule has 0 spiro atoms. The van der Waals surface area contributed by atoms with Crippen LogP contribution in [0.2, 0.25) is 0 Å². The maximum atomic E-state index is 8.24. The summed E-state index contributed by atoms with van der Waals surface area (Å²) in [7, 11) is 0. The molecule has 11 heavy (non-hydrogen) atoms. The molecule has 0 heterocycles. The molecule has 2 nitrogen and oxygen atoms in total. The molecule has 62 valence electrons. The molecule has 1 aliphatic rings. The van der Waals surface area contributed by atoms with Crippen LogP contribution in [0, 0.1) is 13.8 Å². The van der Waals surface area contributed by atoms with E-state index in [1.54, 1.807) is 0 Å². The van der Waals surface area contributed by atoms with E-state index in [1.165, 1.54) is 32.1 Å². The van der Waals surface area contributed by atoms with E-state index in [9.17, 15) is 0 Å². The van der Waals surface area contributed by atoms with Crippen molar-refractivity contribution in [2.75, 3.05) is 0 Å². The van der Waals surface area contributed by atoms with Crippen molar-refractivity contribution in [1.82, 2.24) is 0 Å². The molecule has 0 aromatic heterocycles. The van der Waals surface area contributed by atoms with Crippen LogP contribution < -0.4 is 0 Å². The van der Waals surface area contributed by atoms with Gasteiger partial charge in [0.15, 0.2) is 0 Å². The van der Waals surface area contributed by atoms with Crippen LogP contribution in [0.4, 0.5) is 0 Å². The molecule has 0 radical (unpaired) electrons. The van der Waals surface area contributed by atoms with Crippen molar-refractivity contribution in [1.29, 1.82) is 0 Å². The number of aliphatic hydroxyl groups excluding tert-OH is 1. The molecule has 0 aromatic rings. The van der Waals surface area contributed by atoms with Gasteiger partial charge >= 0.3 is 32.7 Å². The van der Waals surface area contributed by atoms with E-state index >= 15 is 0 Å². The van der Waals surface area contributed by atoms with Crippen molar-refractivity contribution in [3.8, 4) is 0 Å². The molecule has 3 heteroatoms. The van der Waals surface area contributed by atoms with Gasteiger partial charge in [0.25, 0.3) is 0 Å². The quantitative estimate of drug-likeness (QED) is 0.650. The van der Waals surface area contributed by atoms with Crippen LogP contribution in [0.5, 0.6) is 0 Å². The summed E-state index contributed by atoms with van der Waals surface area (Å²) in [5.74, 6) is 0. The topological polar surface area (TPSA) is 37.3 Å². The summed E-state index contributed by atoms with van der Waals surface area (Å²) in [5.41, 5.74) is 0. The van der Waals surface area contributed by atoms with Gasteiger partial charge in [0, 0.05) is 0 Å². The zero-order chi connectivity index (χ0) is 6.95. The standard InChI is InChI=1S/C6H11.CHO2.CH3.Y/c1-2-4-6-5-3-1;2-1-3;;/h1H,2-6H2;(H,2,3);1H3;/q3*-1;+3. The van der Waals surface area contributed by atoms with E-state index < -0.39 is 0 Å². The van der Waals surface area contributed by atoms with Crippen LogP contribution in [0.15, 0.2) is 0 Å². The summed E-state index contributed by atoms with van der Waals surface area (Å²) in [6.45, 7) is 0.500. The number of hydrogen-bond acceptors (Lipinski definition) is 1. The zero-order valence-electron chi connectivity index (χ0n) is 7.05. The molecule has 0 aliphatic heterocycles. The molecule has 1 N–H and O–H groups in total. The largest absolute Gasteiger partial charge is 3.00 e. The fourth-order valence-corrected chi connectivity index (χ4v) is 0.898. The van der Waals surface area contributed by atoms with Gasteiger partial charge in [0.05, 0.1) is 0 Å². The summed E-state index contributed by atoms with van der Waals surface area (Å²) >= 11 is 0. The maximum absolute atomic E-state index is 8.24. The van der Waals surface area contributed by atoms with E-state index in [-0.39, 0.29) is 40.1 Å². The van der Waals surface area contributed by atoms with Crippen LogP contribution in [0.25, 0.3) is 0 Å². The van der Waals surface area contributed by atoms with Crippen LogP contribution in [-0.4, -0.2) is 11.6 Å². The number of rotatable bonds is 0. The number of hydrogen-bond donors (Lipinski definition) is 1. The molecule has 1 aliphatic carbocycles. The third kappa shape index (κ3) is 18.0. The summed E-state index contributed by atoms with van der Waals surface area (Å²) < 4.78 is 0. The van der Waals surface area contributed by atoms with E-state index in [0.29, 0.717) is 6.47 Å². The van der Waals surface area contributed by atoms with E-state index in [1.807, 2.05) is 0 Å². The second kappa shape index (κ2) is 16.9. The Kier molecular flexibility index (Phi) is 27.0. The van der Waals surface area contributed by atoms with Crippen molar-refractivity contribution in [3.05, 3.63) is 13.8 Å². The van der Waals surface area contributed by atoms with Crippen LogP contribution in [0.1, 0.15) is 32.1 Å². The molecular weight excluding hydrogens is 217 g/mol. The van der Waals surface area contributed by atoms with E-state index in [2.05, 4.69) is 6.42 Å². The van der Waals surface area contributed by atoms with Crippen molar-refractivity contribution in [3.63, 3.8) is 0 Å². The molecule has 0 bridgehead atoms. The predicted molar refractivity (Wildman–Crippen MR) is 42.1 cm³/mol. The molecule has 0 saturated heterocycles. The van der Waals surface area contributed by atoms with E-state index in [4.69, 9.17) is 9.90 Å². The fraction of sp³-hybridized carbons (Fsp3) is 0.625. The molecule has 0 amide bonds. The first kappa shape index (κ1) is 17.6. The molecule has 1 rings (SSSR count). The molecule has 0 unspecified atom stereocenters. The Morgan fingerprint density at radius 2 is 1.55 bits per heavy atom. The summed E-state index contributed by atoms with van der Waals surface area (Å²) in [5, 5.41) is 6.76. The van der Waals surface area contributed by atoms with Gasteiger partial charge in [0.1, 0.15) is 0 Å². The average Bonchev–Trinajstić information content (AvgIpc) is 1.93. The Morgan fingerprint density at radius 3 is 1.64 bits per heavy atom. The van der Waals surface area contributed by atoms with Gasteiger partial charge < -0.3 is 23.7 Å². The Bertz CT molecular complexity index is 51.6. The SMILES string of the molecule is O=[C-]O.[CH-]1CCCCC1.[CH3-].[Y+3]. The van der Waals surface area contributed by atoms with Gasteiger partial charge in [-0.25, -0.2) is 0 Å². The van der Waals surface area contributed by atoms with Gasteiger partial charge in [-0.3, -0.25) is 0 Å². The summed E-state index contributed by atoms with van der Waals surface area (Å²) in [4.78, 5) is 8.24. The van der Waals surface area contributed by atoms with Crippen molar-refractivity contribution >= 4 is 6.47 Å².